The smallest absolute Gasteiger partial charge is 0.269 e. The third-order valence-corrected chi connectivity index (χ3v) is 3.89. The molecule has 0 aliphatic heterocycles. The van der Waals surface area contributed by atoms with Crippen LogP contribution in [0.1, 0.15) is 21.5 Å². The highest BCUT2D eigenvalue weighted by Crippen LogP contribution is 2.14. The van der Waals surface area contributed by atoms with Crippen molar-refractivity contribution >= 4 is 17.9 Å². The Morgan fingerprint density at radius 1 is 0.786 bits per heavy atom. The highest BCUT2D eigenvalue weighted by atomic mass is 16.5. The number of hydrogen-bond acceptors (Lipinski definition) is 3. The maximum Gasteiger partial charge on any atom is 0.269 e. The molecule has 0 atom stereocenters. The van der Waals surface area contributed by atoms with E-state index in [1.165, 1.54) is 6.08 Å². The highest BCUT2D eigenvalue weighted by molar-refractivity contribution is 5.97. The van der Waals surface area contributed by atoms with Crippen molar-refractivity contribution in [1.82, 2.24) is 10.9 Å². The Labute approximate surface area is 163 Å². The Kier molecular flexibility index (Phi) is 6.57. The van der Waals surface area contributed by atoms with Crippen molar-refractivity contribution in [3.05, 3.63) is 108 Å². The van der Waals surface area contributed by atoms with Crippen LogP contribution in [0.2, 0.25) is 0 Å². The summed E-state index contributed by atoms with van der Waals surface area (Å²) in [7, 11) is 0. The Morgan fingerprint density at radius 2 is 1.43 bits per heavy atom. The van der Waals surface area contributed by atoms with Gasteiger partial charge in [0, 0.05) is 11.6 Å². The molecule has 5 nitrogen and oxygen atoms in total. The molecular weight excluding hydrogens is 352 g/mol. The lowest BCUT2D eigenvalue weighted by atomic mass is 10.2. The fourth-order valence-electron chi connectivity index (χ4n) is 2.41. The predicted molar refractivity (Wildman–Crippen MR) is 108 cm³/mol. The number of hydrazine groups is 1. The summed E-state index contributed by atoms with van der Waals surface area (Å²) in [6.07, 6.45) is 3.02. The van der Waals surface area contributed by atoms with Crippen molar-refractivity contribution in [2.24, 2.45) is 0 Å². The monoisotopic (exact) mass is 372 g/mol. The summed E-state index contributed by atoms with van der Waals surface area (Å²) in [6.45, 7) is 0.455. The Bertz CT molecular complexity index is 937. The summed E-state index contributed by atoms with van der Waals surface area (Å²) in [5.41, 5.74) is 7.12. The van der Waals surface area contributed by atoms with Gasteiger partial charge < -0.3 is 4.74 Å². The third-order valence-electron chi connectivity index (χ3n) is 3.89. The second-order valence-electron chi connectivity index (χ2n) is 5.99. The van der Waals surface area contributed by atoms with Crippen molar-refractivity contribution in [3.8, 4) is 5.75 Å². The van der Waals surface area contributed by atoms with Crippen LogP contribution in [0.3, 0.4) is 0 Å². The van der Waals surface area contributed by atoms with Gasteiger partial charge in [0.25, 0.3) is 11.8 Å². The summed E-state index contributed by atoms with van der Waals surface area (Å²) < 4.78 is 5.69. The molecule has 0 heterocycles. The minimum atomic E-state index is -0.417. The van der Waals surface area contributed by atoms with E-state index in [2.05, 4.69) is 10.9 Å². The van der Waals surface area contributed by atoms with E-state index in [0.29, 0.717) is 17.9 Å². The molecule has 0 fully saturated rings. The van der Waals surface area contributed by atoms with Crippen LogP contribution in [0.15, 0.2) is 91.0 Å². The van der Waals surface area contributed by atoms with E-state index in [9.17, 15) is 9.59 Å². The predicted octanol–water partition coefficient (Wildman–Crippen LogP) is 3.74. The van der Waals surface area contributed by atoms with Crippen LogP contribution in [0.25, 0.3) is 6.08 Å². The zero-order valence-corrected chi connectivity index (χ0v) is 15.2. The third kappa shape index (κ3) is 5.85. The summed E-state index contributed by atoms with van der Waals surface area (Å²) >= 11 is 0. The van der Waals surface area contributed by atoms with Crippen LogP contribution < -0.4 is 15.6 Å². The van der Waals surface area contributed by atoms with E-state index in [0.717, 1.165) is 11.1 Å². The standard InChI is InChI=1S/C23H20N2O3/c26-22(16-11-18-7-3-1-4-8-18)24-25-23(27)20-12-14-21(15-13-20)28-17-19-9-5-2-6-10-19/h1-16H,17H2,(H,24,26)(H,25,27)/b16-11+. The van der Waals surface area contributed by atoms with Crippen LogP contribution in [0.4, 0.5) is 0 Å². The maximum absolute atomic E-state index is 12.1. The molecule has 0 unspecified atom stereocenters. The van der Waals surface area contributed by atoms with Crippen molar-refractivity contribution in [3.63, 3.8) is 0 Å². The average molecular weight is 372 g/mol. The number of rotatable bonds is 6. The first-order valence-corrected chi connectivity index (χ1v) is 8.81. The second kappa shape index (κ2) is 9.73. The topological polar surface area (TPSA) is 67.4 Å². The highest BCUT2D eigenvalue weighted by Gasteiger charge is 2.06. The molecule has 0 saturated heterocycles. The first kappa shape index (κ1) is 18.9. The molecule has 2 amide bonds. The zero-order chi connectivity index (χ0) is 19.6. The second-order valence-corrected chi connectivity index (χ2v) is 5.99. The van der Waals surface area contributed by atoms with Gasteiger partial charge in [0.1, 0.15) is 12.4 Å². The number of nitrogens with one attached hydrogen (secondary N) is 2. The number of ether oxygens (including phenoxy) is 1. The lowest BCUT2D eigenvalue weighted by Gasteiger charge is -2.08. The van der Waals surface area contributed by atoms with Crippen molar-refractivity contribution in [2.75, 3.05) is 0 Å². The number of amides is 2. The van der Waals surface area contributed by atoms with Crippen LogP contribution in [0.5, 0.6) is 5.75 Å². The van der Waals surface area contributed by atoms with Gasteiger partial charge >= 0.3 is 0 Å². The molecule has 0 bridgehead atoms. The summed E-state index contributed by atoms with van der Waals surface area (Å²) in [4.78, 5) is 23.9. The molecule has 0 aromatic heterocycles. The van der Waals surface area contributed by atoms with E-state index < -0.39 is 11.8 Å². The van der Waals surface area contributed by atoms with Gasteiger partial charge in [-0.3, -0.25) is 20.4 Å². The van der Waals surface area contributed by atoms with Gasteiger partial charge in [0.05, 0.1) is 0 Å². The number of benzene rings is 3. The quantitative estimate of drug-likeness (QED) is 0.512. The van der Waals surface area contributed by atoms with Gasteiger partial charge in [-0.2, -0.15) is 0 Å². The molecule has 0 saturated carbocycles. The summed E-state index contributed by atoms with van der Waals surface area (Å²) in [5, 5.41) is 0. The minimum Gasteiger partial charge on any atom is -0.489 e. The largest absolute Gasteiger partial charge is 0.489 e. The molecule has 2 N–H and O–H groups in total. The molecular formula is C23H20N2O3. The fourth-order valence-corrected chi connectivity index (χ4v) is 2.41. The normalized spacial score (nSPS) is 10.4. The van der Waals surface area contributed by atoms with Crippen LogP contribution >= 0.6 is 0 Å². The van der Waals surface area contributed by atoms with Crippen LogP contribution in [-0.4, -0.2) is 11.8 Å². The Morgan fingerprint density at radius 3 is 2.11 bits per heavy atom. The van der Waals surface area contributed by atoms with Gasteiger partial charge in [0.15, 0.2) is 0 Å². The van der Waals surface area contributed by atoms with Gasteiger partial charge in [-0.05, 0) is 41.5 Å². The molecule has 28 heavy (non-hydrogen) atoms. The summed E-state index contributed by atoms with van der Waals surface area (Å²) in [6, 6.07) is 26.0. The van der Waals surface area contributed by atoms with E-state index in [1.54, 1.807) is 30.3 Å². The molecule has 0 aliphatic carbocycles. The molecule has 3 aromatic carbocycles. The first-order valence-electron chi connectivity index (χ1n) is 8.81. The lowest BCUT2D eigenvalue weighted by Crippen LogP contribution is -2.40. The number of carbonyl (C=O) groups is 2. The number of hydrogen-bond donors (Lipinski definition) is 2. The average Bonchev–Trinajstić information content (AvgIpc) is 2.76. The van der Waals surface area contributed by atoms with Crippen molar-refractivity contribution in [1.29, 1.82) is 0 Å². The fraction of sp³-hybridized carbons (Fsp3) is 0.0435. The van der Waals surface area contributed by atoms with Crippen molar-refractivity contribution < 1.29 is 14.3 Å². The Hall–Kier alpha value is -3.86. The van der Waals surface area contributed by atoms with Gasteiger partial charge in [0.2, 0.25) is 0 Å². The molecule has 5 heteroatoms. The molecule has 0 aliphatic rings. The maximum atomic E-state index is 12.1. The van der Waals surface area contributed by atoms with Gasteiger partial charge in [-0.25, -0.2) is 0 Å². The molecule has 140 valence electrons. The van der Waals surface area contributed by atoms with E-state index in [-0.39, 0.29) is 0 Å². The van der Waals surface area contributed by atoms with E-state index in [1.807, 2.05) is 60.7 Å². The van der Waals surface area contributed by atoms with Crippen LogP contribution in [0, 0.1) is 0 Å². The zero-order valence-electron chi connectivity index (χ0n) is 15.2. The van der Waals surface area contributed by atoms with E-state index in [4.69, 9.17) is 4.74 Å². The van der Waals surface area contributed by atoms with Gasteiger partial charge in [-0.1, -0.05) is 60.7 Å². The Balaban J connectivity index is 1.46. The summed E-state index contributed by atoms with van der Waals surface area (Å²) in [5.74, 6) is -0.161. The van der Waals surface area contributed by atoms with Gasteiger partial charge in [-0.15, -0.1) is 0 Å². The lowest BCUT2D eigenvalue weighted by molar-refractivity contribution is -0.117. The molecule has 0 radical (unpaired) electrons. The van der Waals surface area contributed by atoms with Crippen LogP contribution in [-0.2, 0) is 11.4 Å². The van der Waals surface area contributed by atoms with E-state index >= 15 is 0 Å². The molecule has 0 spiro atoms. The SMILES string of the molecule is O=C(/C=C/c1ccccc1)NNC(=O)c1ccc(OCc2ccccc2)cc1. The van der Waals surface area contributed by atoms with Crippen molar-refractivity contribution in [2.45, 2.75) is 6.61 Å². The molecule has 3 aromatic rings. The minimum absolute atomic E-state index is 0.406. The number of carbonyl (C=O) groups excluding carboxylic acids is 2. The first-order chi connectivity index (χ1) is 13.7. The molecule has 3 rings (SSSR count).